The van der Waals surface area contributed by atoms with Crippen LogP contribution >= 0.6 is 11.3 Å². The van der Waals surface area contributed by atoms with E-state index in [4.69, 9.17) is 4.98 Å². The van der Waals surface area contributed by atoms with E-state index < -0.39 is 0 Å². The Labute approximate surface area is 165 Å². The third kappa shape index (κ3) is 2.51. The van der Waals surface area contributed by atoms with Gasteiger partial charge in [0, 0.05) is 23.3 Å². The molecule has 0 aliphatic heterocycles. The van der Waals surface area contributed by atoms with Gasteiger partial charge < -0.3 is 0 Å². The minimum Gasteiger partial charge on any atom is -0.294 e. The van der Waals surface area contributed by atoms with E-state index in [9.17, 15) is 4.79 Å². The Bertz CT molecular complexity index is 980. The van der Waals surface area contributed by atoms with Gasteiger partial charge in [0.25, 0.3) is 0 Å². The molecule has 140 valence electrons. The first-order valence-electron chi connectivity index (χ1n) is 10.2. The number of aryl methyl sites for hydroxylation is 2. The maximum atomic E-state index is 13.6. The molecule has 3 heteroatoms. The first-order valence-corrected chi connectivity index (χ1v) is 11.0. The lowest BCUT2D eigenvalue weighted by atomic mass is 9.58. The highest BCUT2D eigenvalue weighted by Crippen LogP contribution is 2.57. The number of ketones is 1. The molecule has 1 aromatic carbocycles. The Balaban J connectivity index is 1.86. The third-order valence-electron chi connectivity index (χ3n) is 6.69. The Hall–Kier alpha value is -1.74. The second-order valence-electron chi connectivity index (χ2n) is 9.37. The van der Waals surface area contributed by atoms with Crippen LogP contribution in [0.3, 0.4) is 0 Å². The molecule has 3 aliphatic rings. The molecule has 27 heavy (non-hydrogen) atoms. The molecular weight excluding hydrogens is 350 g/mol. The molecule has 2 aromatic rings. The number of fused-ring (bicyclic) bond motifs is 5. The summed E-state index contributed by atoms with van der Waals surface area (Å²) in [6.07, 6.45) is 7.09. The molecule has 3 aliphatic carbocycles. The monoisotopic (exact) mass is 377 g/mol. The van der Waals surface area contributed by atoms with Crippen molar-refractivity contribution in [3.63, 3.8) is 0 Å². The van der Waals surface area contributed by atoms with Crippen molar-refractivity contribution in [1.29, 1.82) is 0 Å². The summed E-state index contributed by atoms with van der Waals surface area (Å²) >= 11 is 1.83. The van der Waals surface area contributed by atoms with Gasteiger partial charge in [0.2, 0.25) is 0 Å². The van der Waals surface area contributed by atoms with Crippen LogP contribution in [0.15, 0.2) is 35.4 Å². The fraction of sp³-hybridized carbons (Fsp3) is 0.500. The summed E-state index contributed by atoms with van der Waals surface area (Å²) in [7, 11) is 0. The molecule has 1 aromatic heterocycles. The summed E-state index contributed by atoms with van der Waals surface area (Å²) in [4.78, 5) is 19.9. The van der Waals surface area contributed by atoms with Crippen molar-refractivity contribution >= 4 is 17.1 Å². The van der Waals surface area contributed by atoms with Crippen molar-refractivity contribution in [3.05, 3.63) is 62.1 Å². The molecule has 1 spiro atoms. The van der Waals surface area contributed by atoms with Gasteiger partial charge in [-0.25, -0.2) is 4.98 Å². The van der Waals surface area contributed by atoms with Gasteiger partial charge in [-0.2, -0.15) is 0 Å². The molecule has 0 amide bonds. The number of benzene rings is 1. The Morgan fingerprint density at radius 1 is 1.11 bits per heavy atom. The van der Waals surface area contributed by atoms with Crippen molar-refractivity contribution in [2.24, 2.45) is 5.41 Å². The number of Topliss-reactive ketones (excluding diaryl/α,β-unsaturated/α-hetero) is 1. The maximum absolute atomic E-state index is 13.6. The van der Waals surface area contributed by atoms with Gasteiger partial charge in [-0.05, 0) is 49.1 Å². The minimum absolute atomic E-state index is 0.0594. The lowest BCUT2D eigenvalue weighted by molar-refractivity contribution is -0.118. The summed E-state index contributed by atoms with van der Waals surface area (Å²) < 4.78 is 0. The van der Waals surface area contributed by atoms with Crippen molar-refractivity contribution in [1.82, 2.24) is 4.98 Å². The number of thiazole rings is 1. The molecule has 0 saturated heterocycles. The fourth-order valence-corrected chi connectivity index (χ4v) is 7.04. The smallest absolute Gasteiger partial charge is 0.160 e. The van der Waals surface area contributed by atoms with Crippen LogP contribution < -0.4 is 0 Å². The van der Waals surface area contributed by atoms with Crippen LogP contribution in [0.1, 0.15) is 72.7 Å². The second kappa shape index (κ2) is 5.88. The van der Waals surface area contributed by atoms with Gasteiger partial charge in [-0.3, -0.25) is 4.79 Å². The number of nitrogens with zero attached hydrogens (tertiary/aromatic N) is 1. The molecule has 0 radical (unpaired) electrons. The van der Waals surface area contributed by atoms with Gasteiger partial charge in [-0.15, -0.1) is 11.3 Å². The lowest BCUT2D eigenvalue weighted by Gasteiger charge is -2.45. The number of hydrogen-bond acceptors (Lipinski definition) is 3. The Kier molecular flexibility index (Phi) is 3.78. The molecular formula is C24H27NOS. The molecule has 0 unspecified atom stereocenters. The van der Waals surface area contributed by atoms with Crippen molar-refractivity contribution in [2.75, 3.05) is 0 Å². The van der Waals surface area contributed by atoms with Crippen LogP contribution in [0.5, 0.6) is 0 Å². The highest BCUT2D eigenvalue weighted by molar-refractivity contribution is 7.12. The topological polar surface area (TPSA) is 30.0 Å². The molecule has 2 nitrogen and oxygen atoms in total. The highest BCUT2D eigenvalue weighted by Gasteiger charge is 2.51. The number of rotatable bonds is 0. The third-order valence-corrected chi connectivity index (χ3v) is 7.86. The van der Waals surface area contributed by atoms with Gasteiger partial charge in [0.05, 0.1) is 16.1 Å². The van der Waals surface area contributed by atoms with E-state index in [1.165, 1.54) is 40.1 Å². The first kappa shape index (κ1) is 17.4. The second-order valence-corrected chi connectivity index (χ2v) is 10.6. The Morgan fingerprint density at radius 2 is 1.93 bits per heavy atom. The Morgan fingerprint density at radius 3 is 2.78 bits per heavy atom. The predicted molar refractivity (Wildman–Crippen MR) is 110 cm³/mol. The van der Waals surface area contributed by atoms with E-state index in [1.54, 1.807) is 0 Å². The van der Waals surface area contributed by atoms with Crippen molar-refractivity contribution in [2.45, 2.75) is 71.1 Å². The number of hydrogen-bond donors (Lipinski definition) is 0. The van der Waals surface area contributed by atoms with Crippen molar-refractivity contribution < 1.29 is 4.79 Å². The standard InChI is InChI=1S/C24H27NOS/c1-15-25-19-12-17-13-23(2,3)14-20(26)21(17)24(22(19)27-15)11-7-6-9-16-8-4-5-10-18(16)24/h4-5,8,10H,6-7,9,11-14H2,1-3H3/t24-/m1/s1. The molecule has 0 bridgehead atoms. The number of allylic oxidation sites excluding steroid dienone is 2. The van der Waals surface area contributed by atoms with Gasteiger partial charge in [0.15, 0.2) is 5.78 Å². The summed E-state index contributed by atoms with van der Waals surface area (Å²) in [6.45, 7) is 6.60. The number of carbonyl (C=O) groups is 1. The average Bonchev–Trinajstić information content (AvgIpc) is 2.87. The van der Waals surface area contributed by atoms with E-state index in [2.05, 4.69) is 45.0 Å². The maximum Gasteiger partial charge on any atom is 0.160 e. The van der Waals surface area contributed by atoms with Crippen LogP contribution in [-0.2, 0) is 23.1 Å². The summed E-state index contributed by atoms with van der Waals surface area (Å²) in [5.41, 5.74) is 6.36. The zero-order chi connectivity index (χ0) is 18.8. The largest absolute Gasteiger partial charge is 0.294 e. The van der Waals surface area contributed by atoms with Crippen molar-refractivity contribution in [3.8, 4) is 0 Å². The van der Waals surface area contributed by atoms with Crippen LogP contribution in [0, 0.1) is 12.3 Å². The van der Waals surface area contributed by atoms with Crippen LogP contribution in [0.2, 0.25) is 0 Å². The highest BCUT2D eigenvalue weighted by atomic mass is 32.1. The summed E-state index contributed by atoms with van der Waals surface area (Å²) in [5.74, 6) is 0.384. The van der Waals surface area contributed by atoms with Crippen LogP contribution in [-0.4, -0.2) is 10.8 Å². The van der Waals surface area contributed by atoms with Gasteiger partial charge >= 0.3 is 0 Å². The average molecular weight is 378 g/mol. The molecule has 1 heterocycles. The molecule has 0 fully saturated rings. The zero-order valence-corrected chi connectivity index (χ0v) is 17.3. The summed E-state index contributed by atoms with van der Waals surface area (Å²) in [5, 5.41) is 1.13. The van der Waals surface area contributed by atoms with E-state index >= 15 is 0 Å². The predicted octanol–water partition coefficient (Wildman–Crippen LogP) is 5.71. The van der Waals surface area contributed by atoms with E-state index in [-0.39, 0.29) is 10.8 Å². The summed E-state index contributed by atoms with van der Waals surface area (Å²) in [6, 6.07) is 8.89. The van der Waals surface area contributed by atoms with Crippen LogP contribution in [0.25, 0.3) is 0 Å². The first-order chi connectivity index (χ1) is 12.9. The number of aromatic nitrogens is 1. The SMILES string of the molecule is Cc1nc2c(s1)[C@@]1(CCCCc3ccccc31)C1=C(C2)CC(C)(C)CC1=O. The normalized spacial score (nSPS) is 26.4. The van der Waals surface area contributed by atoms with E-state index in [0.717, 1.165) is 36.3 Å². The number of carbonyl (C=O) groups excluding carboxylic acids is 1. The van der Waals surface area contributed by atoms with E-state index in [1.807, 2.05) is 11.3 Å². The molecule has 0 saturated carbocycles. The molecule has 1 atom stereocenters. The molecule has 0 N–H and O–H groups in total. The minimum atomic E-state index is -0.254. The van der Waals surface area contributed by atoms with Crippen LogP contribution in [0.4, 0.5) is 0 Å². The molecule has 5 rings (SSSR count). The zero-order valence-electron chi connectivity index (χ0n) is 16.5. The van der Waals surface area contributed by atoms with E-state index in [0.29, 0.717) is 12.2 Å². The fourth-order valence-electron chi connectivity index (χ4n) is 5.87. The van der Waals surface area contributed by atoms with Gasteiger partial charge in [0.1, 0.15) is 0 Å². The quantitative estimate of drug-likeness (QED) is 0.589. The van der Waals surface area contributed by atoms with Gasteiger partial charge in [-0.1, -0.05) is 50.1 Å². The lowest BCUT2D eigenvalue weighted by Crippen LogP contribution is -2.42.